The van der Waals surface area contributed by atoms with E-state index < -0.39 is 65.2 Å². The van der Waals surface area contributed by atoms with E-state index >= 15 is 4.79 Å². The summed E-state index contributed by atoms with van der Waals surface area (Å²) in [6, 6.07) is 6.84. The number of rotatable bonds is 17. The van der Waals surface area contributed by atoms with Gasteiger partial charge >= 0.3 is 5.97 Å². The Hall–Kier alpha value is -3.02. The first-order chi connectivity index (χ1) is 24.3. The standard InChI is InChI=1S/C41H60BrN3O7/c1-11-13-19-30(47)43-26(5)33(27-17-15-14-16-18-27)51-38(50)31-32-36(48)45(28(23-46)21-25(3)4)35(41(32)22-29(42)34(31)52-41)37(49)44(20-12-2)40(9,10)24-39(6,7)8/h11-12,14-18,25-26,28-29,31-35,46H,1-2,13,19-24H2,3-10H3,(H,43,47)/t26-,28+,29?,31-,32+,33-,34-,35-,41+/m0/s1. The van der Waals surface area contributed by atoms with Crippen LogP contribution in [0.4, 0.5) is 0 Å². The van der Waals surface area contributed by atoms with Gasteiger partial charge in [0.1, 0.15) is 17.7 Å². The highest BCUT2D eigenvalue weighted by molar-refractivity contribution is 9.09. The van der Waals surface area contributed by atoms with Gasteiger partial charge in [-0.2, -0.15) is 0 Å². The lowest BCUT2D eigenvalue weighted by molar-refractivity contribution is -0.163. The lowest BCUT2D eigenvalue weighted by atomic mass is 9.70. The maximum absolute atomic E-state index is 15.2. The minimum atomic E-state index is -1.34. The van der Waals surface area contributed by atoms with Gasteiger partial charge in [0.25, 0.3) is 0 Å². The summed E-state index contributed by atoms with van der Waals surface area (Å²) >= 11 is 3.77. The second kappa shape index (κ2) is 16.6. The topological polar surface area (TPSA) is 125 Å². The van der Waals surface area contributed by atoms with Crippen molar-refractivity contribution in [3.8, 4) is 0 Å². The fourth-order valence-corrected chi connectivity index (χ4v) is 10.0. The van der Waals surface area contributed by atoms with Crippen LogP contribution in [0, 0.1) is 23.2 Å². The van der Waals surface area contributed by atoms with Crippen molar-refractivity contribution < 1.29 is 33.8 Å². The molecular formula is C41H60BrN3O7. The normalized spacial score (nSPS) is 27.2. The molecule has 1 aromatic carbocycles. The van der Waals surface area contributed by atoms with Crippen LogP contribution in [0.2, 0.25) is 0 Å². The van der Waals surface area contributed by atoms with E-state index in [4.69, 9.17) is 9.47 Å². The number of aliphatic hydroxyl groups is 1. The molecule has 0 aliphatic carbocycles. The number of ether oxygens (including phenoxy) is 2. The first-order valence-electron chi connectivity index (χ1n) is 18.7. The van der Waals surface area contributed by atoms with Gasteiger partial charge in [-0.3, -0.25) is 19.2 Å². The van der Waals surface area contributed by atoms with E-state index in [-0.39, 0.29) is 47.5 Å². The van der Waals surface area contributed by atoms with E-state index in [1.807, 2.05) is 58.0 Å². The summed E-state index contributed by atoms with van der Waals surface area (Å²) in [5.74, 6) is -3.46. The number of carbonyl (C=O) groups is 4. The summed E-state index contributed by atoms with van der Waals surface area (Å²) in [5, 5.41) is 13.7. The number of benzene rings is 1. The monoisotopic (exact) mass is 785 g/mol. The molecule has 1 spiro atoms. The Balaban J connectivity index is 1.79. The molecule has 52 heavy (non-hydrogen) atoms. The highest BCUT2D eigenvalue weighted by Gasteiger charge is 2.78. The molecule has 288 valence electrons. The number of allylic oxidation sites excluding steroid dienone is 1. The molecule has 3 heterocycles. The third-order valence-corrected chi connectivity index (χ3v) is 11.5. The van der Waals surface area contributed by atoms with Gasteiger partial charge in [-0.1, -0.05) is 93.0 Å². The molecule has 0 saturated carbocycles. The van der Waals surface area contributed by atoms with Crippen molar-refractivity contribution in [2.45, 2.75) is 134 Å². The number of fused-ring (bicyclic) bond motifs is 1. The number of likely N-dealkylation sites (tertiary alicyclic amines) is 1. The number of hydrogen-bond donors (Lipinski definition) is 2. The average molecular weight is 787 g/mol. The zero-order valence-corrected chi connectivity index (χ0v) is 33.9. The summed E-state index contributed by atoms with van der Waals surface area (Å²) in [6.45, 7) is 23.8. The second-order valence-electron chi connectivity index (χ2n) is 17.1. The Bertz CT molecular complexity index is 1480. The SMILES string of the molecule is C=CCCC(=O)N[C@@H](C)[C@H](OC(=O)[C@@H]1[C@H]2O[C@@]3(CC2Br)[C@H](C(=O)N(CC=C)C(C)(C)CC(C)(C)C)N([C@@H](CO)CC(C)C)C(=O)[C@@H]13)c1ccccc1. The molecule has 3 amide bonds. The lowest BCUT2D eigenvalue weighted by Gasteiger charge is -2.46. The van der Waals surface area contributed by atoms with E-state index in [9.17, 15) is 19.5 Å². The van der Waals surface area contributed by atoms with Crippen LogP contribution < -0.4 is 5.32 Å². The predicted molar refractivity (Wildman–Crippen MR) is 205 cm³/mol. The average Bonchev–Trinajstić information content (AvgIpc) is 3.65. The lowest BCUT2D eigenvalue weighted by Crippen LogP contribution is -2.62. The molecule has 10 nitrogen and oxygen atoms in total. The molecule has 11 heteroatoms. The van der Waals surface area contributed by atoms with Crippen molar-refractivity contribution in [1.29, 1.82) is 0 Å². The number of nitrogens with zero attached hydrogens (tertiary/aromatic N) is 2. The van der Waals surface area contributed by atoms with Crippen molar-refractivity contribution in [2.24, 2.45) is 23.2 Å². The molecule has 2 bridgehead atoms. The van der Waals surface area contributed by atoms with Crippen LogP contribution in [-0.4, -0.2) is 91.9 Å². The number of amides is 3. The van der Waals surface area contributed by atoms with Crippen molar-refractivity contribution >= 4 is 39.6 Å². The molecule has 3 saturated heterocycles. The van der Waals surface area contributed by atoms with E-state index in [1.165, 1.54) is 4.90 Å². The van der Waals surface area contributed by atoms with E-state index in [0.717, 1.165) is 0 Å². The Morgan fingerprint density at radius 3 is 2.35 bits per heavy atom. The zero-order valence-electron chi connectivity index (χ0n) is 32.3. The number of halogens is 1. The minimum absolute atomic E-state index is 0.108. The number of esters is 1. The Labute approximate surface area is 318 Å². The maximum Gasteiger partial charge on any atom is 0.313 e. The highest BCUT2D eigenvalue weighted by Crippen LogP contribution is 2.61. The van der Waals surface area contributed by atoms with E-state index in [1.54, 1.807) is 24.0 Å². The third-order valence-electron chi connectivity index (χ3n) is 10.6. The van der Waals surface area contributed by atoms with Gasteiger partial charge in [-0.15, -0.1) is 13.2 Å². The van der Waals surface area contributed by atoms with Crippen LogP contribution in [0.15, 0.2) is 55.6 Å². The van der Waals surface area contributed by atoms with Crippen LogP contribution in [0.5, 0.6) is 0 Å². The molecule has 4 rings (SSSR count). The van der Waals surface area contributed by atoms with Gasteiger partial charge < -0.3 is 29.7 Å². The highest BCUT2D eigenvalue weighted by atomic mass is 79.9. The predicted octanol–water partition coefficient (Wildman–Crippen LogP) is 6.13. The fourth-order valence-electron chi connectivity index (χ4n) is 9.08. The first-order valence-corrected chi connectivity index (χ1v) is 19.6. The van der Waals surface area contributed by atoms with Crippen molar-refractivity contribution in [3.05, 3.63) is 61.2 Å². The fraction of sp³-hybridized carbons (Fsp3) is 0.659. The van der Waals surface area contributed by atoms with Crippen LogP contribution in [0.1, 0.15) is 99.2 Å². The number of hydrogen-bond acceptors (Lipinski definition) is 7. The van der Waals surface area contributed by atoms with E-state index in [2.05, 4.69) is 55.2 Å². The van der Waals surface area contributed by atoms with Gasteiger partial charge in [0.05, 0.1) is 36.6 Å². The molecule has 3 fully saturated rings. The number of aliphatic hydroxyl groups excluding tert-OH is 1. The smallest absolute Gasteiger partial charge is 0.313 e. The molecule has 9 atom stereocenters. The molecular weight excluding hydrogens is 726 g/mol. The second-order valence-corrected chi connectivity index (χ2v) is 18.3. The van der Waals surface area contributed by atoms with Crippen molar-refractivity contribution in [2.75, 3.05) is 13.2 Å². The van der Waals surface area contributed by atoms with Crippen LogP contribution in [-0.2, 0) is 28.7 Å². The van der Waals surface area contributed by atoms with Gasteiger partial charge in [0.15, 0.2) is 0 Å². The Morgan fingerprint density at radius 2 is 1.79 bits per heavy atom. The number of nitrogens with one attached hydrogen (secondary N) is 1. The largest absolute Gasteiger partial charge is 0.455 e. The summed E-state index contributed by atoms with van der Waals surface area (Å²) in [5.41, 5.74) is -1.40. The Morgan fingerprint density at radius 1 is 1.13 bits per heavy atom. The molecule has 2 N–H and O–H groups in total. The quantitative estimate of drug-likeness (QED) is 0.111. The molecule has 3 aliphatic heterocycles. The third kappa shape index (κ3) is 8.52. The molecule has 0 aromatic heterocycles. The number of alkyl halides is 1. The molecule has 0 radical (unpaired) electrons. The zero-order chi connectivity index (χ0) is 38.8. The van der Waals surface area contributed by atoms with Crippen LogP contribution >= 0.6 is 15.9 Å². The Kier molecular flexibility index (Phi) is 13.3. The van der Waals surface area contributed by atoms with Gasteiger partial charge in [0.2, 0.25) is 17.7 Å². The molecule has 1 unspecified atom stereocenters. The van der Waals surface area contributed by atoms with Gasteiger partial charge in [-0.25, -0.2) is 0 Å². The molecule has 3 aliphatic rings. The van der Waals surface area contributed by atoms with Crippen molar-refractivity contribution in [3.63, 3.8) is 0 Å². The number of carbonyl (C=O) groups excluding carboxylic acids is 4. The summed E-state index contributed by atoms with van der Waals surface area (Å²) in [7, 11) is 0. The van der Waals surface area contributed by atoms with Crippen LogP contribution in [0.25, 0.3) is 0 Å². The first kappa shape index (κ1) is 41.7. The maximum atomic E-state index is 15.2. The van der Waals surface area contributed by atoms with Crippen LogP contribution in [0.3, 0.4) is 0 Å². The van der Waals surface area contributed by atoms with Gasteiger partial charge in [-0.05, 0) is 63.4 Å². The van der Waals surface area contributed by atoms with Gasteiger partial charge in [0, 0.05) is 23.3 Å². The molecule has 1 aromatic rings. The van der Waals surface area contributed by atoms with Crippen molar-refractivity contribution in [1.82, 2.24) is 15.1 Å². The summed E-state index contributed by atoms with van der Waals surface area (Å²) in [6.07, 6.45) is 3.98. The summed E-state index contributed by atoms with van der Waals surface area (Å²) < 4.78 is 13.1. The minimum Gasteiger partial charge on any atom is -0.455 e. The summed E-state index contributed by atoms with van der Waals surface area (Å²) in [4.78, 5) is 60.5. The van der Waals surface area contributed by atoms with E-state index in [0.29, 0.717) is 31.2 Å².